The van der Waals surface area contributed by atoms with Gasteiger partial charge in [0.25, 0.3) is 5.91 Å². The molecule has 5 nitrogen and oxygen atoms in total. The van der Waals surface area contributed by atoms with Gasteiger partial charge in [-0.25, -0.2) is 0 Å². The summed E-state index contributed by atoms with van der Waals surface area (Å²) in [5, 5.41) is 3.24. The molecule has 0 spiro atoms. The van der Waals surface area contributed by atoms with E-state index in [4.69, 9.17) is 4.74 Å². The number of nitrogens with zero attached hydrogens (tertiary/aromatic N) is 1. The van der Waals surface area contributed by atoms with Crippen molar-refractivity contribution in [3.8, 4) is 5.75 Å². The highest BCUT2D eigenvalue weighted by Gasteiger charge is 2.16. The fourth-order valence-corrected chi connectivity index (χ4v) is 3.06. The molecule has 0 aliphatic rings. The number of hydrogen-bond donors (Lipinski definition) is 1. The number of carbonyl (C=O) groups excluding carboxylic acids is 1. The molecule has 0 atom stereocenters. The van der Waals surface area contributed by atoms with Crippen molar-refractivity contribution in [3.05, 3.63) is 68.9 Å². The van der Waals surface area contributed by atoms with E-state index in [-0.39, 0.29) is 11.0 Å². The number of fused-ring (bicyclic) bond motifs is 1. The van der Waals surface area contributed by atoms with Crippen LogP contribution in [-0.4, -0.2) is 17.6 Å². The first-order chi connectivity index (χ1) is 12.0. The van der Waals surface area contributed by atoms with Gasteiger partial charge in [0.05, 0.1) is 23.7 Å². The van der Waals surface area contributed by atoms with Crippen molar-refractivity contribution in [2.45, 2.75) is 13.5 Å². The number of para-hydroxylation sites is 1. The summed E-state index contributed by atoms with van der Waals surface area (Å²) in [6, 6.07) is 12.6. The third kappa shape index (κ3) is 3.30. The first-order valence-electron chi connectivity index (χ1n) is 7.82. The fraction of sp³-hybridized carbons (Fsp3) is 0.158. The zero-order valence-corrected chi connectivity index (χ0v) is 15.5. The highest BCUT2D eigenvalue weighted by atomic mass is 79.9. The number of methoxy groups -OCH3 is 1. The number of aryl methyl sites for hydroxylation is 1. The van der Waals surface area contributed by atoms with Gasteiger partial charge in [-0.1, -0.05) is 12.1 Å². The topological polar surface area (TPSA) is 60.3 Å². The monoisotopic (exact) mass is 400 g/mol. The maximum atomic E-state index is 12.8. The number of pyridine rings is 1. The van der Waals surface area contributed by atoms with Gasteiger partial charge in [0.1, 0.15) is 11.3 Å². The van der Waals surface area contributed by atoms with E-state index in [2.05, 4.69) is 21.2 Å². The van der Waals surface area contributed by atoms with Gasteiger partial charge in [-0.3, -0.25) is 9.59 Å². The molecule has 0 aliphatic carbocycles. The van der Waals surface area contributed by atoms with E-state index >= 15 is 0 Å². The molecule has 0 aliphatic heterocycles. The van der Waals surface area contributed by atoms with Gasteiger partial charge in [-0.05, 0) is 53.2 Å². The molecule has 0 saturated heterocycles. The Balaban J connectivity index is 2.12. The van der Waals surface area contributed by atoms with Crippen LogP contribution in [0.1, 0.15) is 17.3 Å². The number of ether oxygens (including phenoxy) is 1. The summed E-state index contributed by atoms with van der Waals surface area (Å²) in [5.74, 6) is 0.138. The van der Waals surface area contributed by atoms with Gasteiger partial charge in [-0.15, -0.1) is 0 Å². The van der Waals surface area contributed by atoms with Crippen LogP contribution in [0.15, 0.2) is 57.9 Å². The summed E-state index contributed by atoms with van der Waals surface area (Å²) in [7, 11) is 1.54. The van der Waals surface area contributed by atoms with Gasteiger partial charge in [0.15, 0.2) is 0 Å². The van der Waals surface area contributed by atoms with Crippen molar-refractivity contribution in [2.75, 3.05) is 12.4 Å². The molecule has 1 heterocycles. The van der Waals surface area contributed by atoms with E-state index in [9.17, 15) is 9.59 Å². The molecule has 6 heteroatoms. The number of anilines is 1. The van der Waals surface area contributed by atoms with Gasteiger partial charge < -0.3 is 14.6 Å². The van der Waals surface area contributed by atoms with Crippen molar-refractivity contribution in [3.63, 3.8) is 0 Å². The Bertz CT molecular complexity index is 1010. The largest absolute Gasteiger partial charge is 0.497 e. The molecule has 0 fully saturated rings. The summed E-state index contributed by atoms with van der Waals surface area (Å²) < 4.78 is 7.84. The van der Waals surface area contributed by atoms with Crippen LogP contribution in [0, 0.1) is 0 Å². The van der Waals surface area contributed by atoms with Gasteiger partial charge in [0, 0.05) is 17.2 Å². The Kier molecular flexibility index (Phi) is 4.90. The average molecular weight is 401 g/mol. The van der Waals surface area contributed by atoms with Crippen LogP contribution in [0.2, 0.25) is 0 Å². The Labute approximate surface area is 153 Å². The highest BCUT2D eigenvalue weighted by Crippen LogP contribution is 2.23. The maximum Gasteiger partial charge on any atom is 0.261 e. The molecule has 1 N–H and O–H groups in total. The quantitative estimate of drug-likeness (QED) is 0.718. The first-order valence-corrected chi connectivity index (χ1v) is 8.61. The number of carbonyl (C=O) groups is 1. The summed E-state index contributed by atoms with van der Waals surface area (Å²) in [6.07, 6.45) is 1.60. The normalized spacial score (nSPS) is 10.7. The molecule has 0 unspecified atom stereocenters. The number of nitrogens with one attached hydrogen (secondary N) is 1. The van der Waals surface area contributed by atoms with Crippen LogP contribution in [0.25, 0.3) is 10.9 Å². The number of benzene rings is 2. The minimum absolute atomic E-state index is 0.0957. The van der Waals surface area contributed by atoms with Crippen LogP contribution in [0.4, 0.5) is 5.69 Å². The fourth-order valence-electron chi connectivity index (χ4n) is 2.68. The third-order valence-corrected chi connectivity index (χ3v) is 4.69. The van der Waals surface area contributed by atoms with Crippen molar-refractivity contribution in [1.82, 2.24) is 4.57 Å². The van der Waals surface area contributed by atoms with E-state index in [0.29, 0.717) is 23.4 Å². The second kappa shape index (κ2) is 7.11. The molecule has 3 rings (SSSR count). The minimum atomic E-state index is -0.441. The average Bonchev–Trinajstić information content (AvgIpc) is 2.63. The van der Waals surface area contributed by atoms with Crippen molar-refractivity contribution in [2.24, 2.45) is 0 Å². The number of hydrogen-bond acceptors (Lipinski definition) is 3. The van der Waals surface area contributed by atoms with E-state index in [1.54, 1.807) is 31.5 Å². The van der Waals surface area contributed by atoms with Crippen LogP contribution < -0.4 is 15.5 Å². The van der Waals surface area contributed by atoms with Crippen LogP contribution in [0.3, 0.4) is 0 Å². The predicted octanol–water partition coefficient (Wildman–Crippen LogP) is 4.04. The number of aromatic nitrogens is 1. The Morgan fingerprint density at radius 1 is 1.24 bits per heavy atom. The molecule has 0 saturated carbocycles. The summed E-state index contributed by atoms with van der Waals surface area (Å²) >= 11 is 3.39. The van der Waals surface area contributed by atoms with Crippen LogP contribution in [0.5, 0.6) is 5.75 Å². The van der Waals surface area contributed by atoms with Crippen molar-refractivity contribution < 1.29 is 9.53 Å². The van der Waals surface area contributed by atoms with Crippen LogP contribution in [-0.2, 0) is 6.54 Å². The second-order valence-electron chi connectivity index (χ2n) is 5.47. The zero-order chi connectivity index (χ0) is 18.0. The minimum Gasteiger partial charge on any atom is -0.497 e. The standard InChI is InChI=1S/C19H17BrN2O3/c1-3-22-11-14(19(24)21-16-7-5-4-6-15(16)20)18(23)13-10-12(25-2)8-9-17(13)22/h4-11H,3H2,1-2H3,(H,21,24). The van der Waals surface area contributed by atoms with E-state index in [0.717, 1.165) is 9.99 Å². The summed E-state index contributed by atoms with van der Waals surface area (Å²) in [4.78, 5) is 25.5. The lowest BCUT2D eigenvalue weighted by Crippen LogP contribution is -2.24. The predicted molar refractivity (Wildman–Crippen MR) is 103 cm³/mol. The highest BCUT2D eigenvalue weighted by molar-refractivity contribution is 9.10. The van der Waals surface area contributed by atoms with Gasteiger partial charge in [0.2, 0.25) is 5.43 Å². The molecule has 25 heavy (non-hydrogen) atoms. The summed E-state index contributed by atoms with van der Waals surface area (Å²) in [5.41, 5.74) is 1.16. The Morgan fingerprint density at radius 3 is 2.68 bits per heavy atom. The SMILES string of the molecule is CCn1cc(C(=O)Nc2ccccc2Br)c(=O)c2cc(OC)ccc21. The first kappa shape index (κ1) is 17.2. The van der Waals surface area contributed by atoms with Crippen molar-refractivity contribution in [1.29, 1.82) is 0 Å². The van der Waals surface area contributed by atoms with Gasteiger partial charge in [-0.2, -0.15) is 0 Å². The number of amides is 1. The third-order valence-electron chi connectivity index (χ3n) is 3.99. The van der Waals surface area contributed by atoms with Gasteiger partial charge >= 0.3 is 0 Å². The van der Waals surface area contributed by atoms with E-state index < -0.39 is 5.91 Å². The maximum absolute atomic E-state index is 12.8. The Hall–Kier alpha value is -2.60. The lowest BCUT2D eigenvalue weighted by molar-refractivity contribution is 0.102. The molecule has 1 aromatic heterocycles. The molecular formula is C19H17BrN2O3. The van der Waals surface area contributed by atoms with E-state index in [1.807, 2.05) is 35.8 Å². The number of halogens is 1. The molecule has 0 bridgehead atoms. The molecule has 0 radical (unpaired) electrons. The molecule has 3 aromatic rings. The summed E-state index contributed by atoms with van der Waals surface area (Å²) in [6.45, 7) is 2.60. The zero-order valence-electron chi connectivity index (χ0n) is 13.9. The molecular weight excluding hydrogens is 384 g/mol. The Morgan fingerprint density at radius 2 is 2.00 bits per heavy atom. The number of rotatable bonds is 4. The van der Waals surface area contributed by atoms with E-state index in [1.165, 1.54) is 0 Å². The molecule has 1 amide bonds. The van der Waals surface area contributed by atoms with Crippen molar-refractivity contribution >= 4 is 38.4 Å². The second-order valence-corrected chi connectivity index (χ2v) is 6.33. The van der Waals surface area contributed by atoms with Crippen LogP contribution >= 0.6 is 15.9 Å². The molecule has 2 aromatic carbocycles. The lowest BCUT2D eigenvalue weighted by atomic mass is 10.1. The molecule has 128 valence electrons. The smallest absolute Gasteiger partial charge is 0.261 e. The lowest BCUT2D eigenvalue weighted by Gasteiger charge is -2.13.